The van der Waals surface area contributed by atoms with E-state index in [9.17, 15) is 22.8 Å². The Morgan fingerprint density at radius 3 is 2.43 bits per heavy atom. The summed E-state index contributed by atoms with van der Waals surface area (Å²) in [6.07, 6.45) is 0. The molecule has 2 amide bonds. The number of Topliss-reactive ketones (excluding diaryl/α,β-unsaturated/α-hetero) is 1. The lowest BCUT2D eigenvalue weighted by Gasteiger charge is -2.11. The molecular formula is C16H18N4O8S2. The Labute approximate surface area is 175 Å². The number of methoxy groups -OCH3 is 2. The van der Waals surface area contributed by atoms with Crippen LogP contribution in [0.25, 0.3) is 0 Å². The van der Waals surface area contributed by atoms with Crippen molar-refractivity contribution < 1.29 is 37.0 Å². The number of nitrogens with zero attached hydrogens (tertiary/aromatic N) is 2. The summed E-state index contributed by atoms with van der Waals surface area (Å²) in [5.41, 5.74) is -0.589. The second kappa shape index (κ2) is 9.49. The first-order valence-corrected chi connectivity index (χ1v) is 10.5. The molecule has 0 unspecified atom stereocenters. The van der Waals surface area contributed by atoms with Gasteiger partial charge in [0.25, 0.3) is 10.0 Å². The number of hydrogen-bond acceptors (Lipinski definition) is 11. The Balaban J connectivity index is 2.35. The molecule has 0 radical (unpaired) electrons. The Morgan fingerprint density at radius 2 is 1.87 bits per heavy atom. The lowest BCUT2D eigenvalue weighted by molar-refractivity contribution is 0.0516. The maximum Gasteiger partial charge on any atom is 0.359 e. The van der Waals surface area contributed by atoms with Crippen molar-refractivity contribution >= 4 is 45.2 Å². The molecule has 2 N–H and O–H groups in total. The molecule has 0 saturated heterocycles. The standard InChI is InChI=1S/C16H18N4O8S2/c1-5-28-15(22)12-14(13(8(2)21)29-19-12)30(24,25)20-16(23)18-10-6-9(26-3)7-11(17-10)27-4/h6-7H,5H2,1-4H3,(H2,17,18,20,23). The summed E-state index contributed by atoms with van der Waals surface area (Å²) >= 11 is 0.510. The lowest BCUT2D eigenvalue weighted by Crippen LogP contribution is -2.35. The monoisotopic (exact) mass is 458 g/mol. The number of anilines is 1. The van der Waals surface area contributed by atoms with E-state index < -0.39 is 38.4 Å². The fourth-order valence-corrected chi connectivity index (χ4v) is 4.49. The third-order valence-corrected chi connectivity index (χ3v) is 5.86. The highest BCUT2D eigenvalue weighted by Gasteiger charge is 2.34. The van der Waals surface area contributed by atoms with Crippen LogP contribution in [0.3, 0.4) is 0 Å². The molecule has 14 heteroatoms. The summed E-state index contributed by atoms with van der Waals surface area (Å²) in [6.45, 7) is 2.59. The number of aromatic nitrogens is 2. The maximum atomic E-state index is 12.8. The van der Waals surface area contributed by atoms with Crippen LogP contribution in [0.4, 0.5) is 10.6 Å². The number of nitrogens with one attached hydrogen (secondary N) is 2. The van der Waals surface area contributed by atoms with Crippen molar-refractivity contribution in [3.05, 3.63) is 22.7 Å². The topological polar surface area (TPSA) is 163 Å². The van der Waals surface area contributed by atoms with Gasteiger partial charge in [-0.3, -0.25) is 10.1 Å². The minimum absolute atomic E-state index is 0.0392. The average molecular weight is 458 g/mol. The highest BCUT2D eigenvalue weighted by Crippen LogP contribution is 2.26. The van der Waals surface area contributed by atoms with Gasteiger partial charge in [-0.1, -0.05) is 0 Å². The fourth-order valence-electron chi connectivity index (χ4n) is 2.17. The first kappa shape index (κ1) is 23.0. The maximum absolute atomic E-state index is 12.8. The average Bonchev–Trinajstić information content (AvgIpc) is 3.14. The summed E-state index contributed by atoms with van der Waals surface area (Å²) in [7, 11) is -1.93. The normalized spacial score (nSPS) is 10.8. The summed E-state index contributed by atoms with van der Waals surface area (Å²) in [4.78, 5) is 39.0. The molecule has 2 heterocycles. The minimum atomic E-state index is -4.66. The van der Waals surface area contributed by atoms with E-state index in [4.69, 9.17) is 14.2 Å². The highest BCUT2D eigenvalue weighted by molar-refractivity contribution is 7.90. The van der Waals surface area contributed by atoms with Gasteiger partial charge in [0.05, 0.1) is 20.8 Å². The number of esters is 1. The van der Waals surface area contributed by atoms with Gasteiger partial charge in [0.1, 0.15) is 21.3 Å². The Morgan fingerprint density at radius 1 is 1.17 bits per heavy atom. The molecule has 0 atom stereocenters. The molecule has 0 spiro atoms. The molecule has 0 aliphatic carbocycles. The number of carbonyl (C=O) groups excluding carboxylic acids is 3. The number of sulfonamides is 1. The van der Waals surface area contributed by atoms with Crippen LogP contribution in [0, 0.1) is 0 Å². The van der Waals surface area contributed by atoms with Crippen molar-refractivity contribution in [1.29, 1.82) is 0 Å². The molecule has 0 bridgehead atoms. The Hall–Kier alpha value is -3.26. The Kier molecular flexibility index (Phi) is 7.28. The largest absolute Gasteiger partial charge is 0.496 e. The van der Waals surface area contributed by atoms with E-state index in [0.717, 1.165) is 6.92 Å². The summed E-state index contributed by atoms with van der Waals surface area (Å²) < 4.78 is 45.7. The number of carbonyl (C=O) groups is 3. The lowest BCUT2D eigenvalue weighted by atomic mass is 10.3. The van der Waals surface area contributed by atoms with E-state index in [0.29, 0.717) is 17.3 Å². The number of rotatable bonds is 8. The number of pyridine rings is 1. The van der Waals surface area contributed by atoms with Crippen molar-refractivity contribution in [3.8, 4) is 11.6 Å². The van der Waals surface area contributed by atoms with Gasteiger partial charge < -0.3 is 14.2 Å². The number of amides is 2. The van der Waals surface area contributed by atoms with E-state index in [1.807, 2.05) is 0 Å². The molecular weight excluding hydrogens is 440 g/mol. The third-order valence-electron chi connectivity index (χ3n) is 3.40. The molecule has 0 saturated carbocycles. The van der Waals surface area contributed by atoms with Crippen molar-refractivity contribution in [3.63, 3.8) is 0 Å². The zero-order chi connectivity index (χ0) is 22.5. The first-order valence-electron chi connectivity index (χ1n) is 8.24. The molecule has 2 aromatic heterocycles. The van der Waals surface area contributed by atoms with Gasteiger partial charge in [-0.25, -0.2) is 22.7 Å². The van der Waals surface area contributed by atoms with E-state index in [2.05, 4.69) is 14.7 Å². The van der Waals surface area contributed by atoms with Gasteiger partial charge in [0.15, 0.2) is 11.5 Å². The molecule has 30 heavy (non-hydrogen) atoms. The highest BCUT2D eigenvalue weighted by atomic mass is 32.2. The smallest absolute Gasteiger partial charge is 0.359 e. The summed E-state index contributed by atoms with van der Waals surface area (Å²) in [5, 5.41) is 2.21. The van der Waals surface area contributed by atoms with Crippen molar-refractivity contribution in [2.75, 3.05) is 26.1 Å². The van der Waals surface area contributed by atoms with Crippen LogP contribution < -0.4 is 19.5 Å². The molecule has 2 rings (SSSR count). The predicted octanol–water partition coefficient (Wildman–Crippen LogP) is 1.45. The van der Waals surface area contributed by atoms with Crippen LogP contribution in [-0.4, -0.2) is 56.4 Å². The van der Waals surface area contributed by atoms with Gasteiger partial charge in [-0.15, -0.1) is 0 Å². The molecule has 0 aliphatic heterocycles. The fraction of sp³-hybridized carbons (Fsp3) is 0.312. The number of ether oxygens (including phenoxy) is 3. The van der Waals surface area contributed by atoms with Crippen LogP contribution >= 0.6 is 11.5 Å². The quantitative estimate of drug-likeness (QED) is 0.437. The van der Waals surface area contributed by atoms with Gasteiger partial charge in [0.2, 0.25) is 5.88 Å². The van der Waals surface area contributed by atoms with E-state index in [1.165, 1.54) is 33.3 Å². The van der Waals surface area contributed by atoms with Gasteiger partial charge in [0, 0.05) is 19.1 Å². The van der Waals surface area contributed by atoms with Crippen LogP contribution in [0.1, 0.15) is 34.0 Å². The second-order valence-corrected chi connectivity index (χ2v) is 7.85. The summed E-state index contributed by atoms with van der Waals surface area (Å²) in [5.74, 6) is -1.35. The first-order chi connectivity index (χ1) is 14.1. The number of hydrogen-bond donors (Lipinski definition) is 2. The van der Waals surface area contributed by atoms with Crippen molar-refractivity contribution in [2.24, 2.45) is 0 Å². The van der Waals surface area contributed by atoms with Gasteiger partial charge in [-0.2, -0.15) is 9.36 Å². The van der Waals surface area contributed by atoms with Gasteiger partial charge in [-0.05, 0) is 18.5 Å². The van der Waals surface area contributed by atoms with Crippen LogP contribution in [-0.2, 0) is 14.8 Å². The van der Waals surface area contributed by atoms with Crippen LogP contribution in [0.2, 0.25) is 0 Å². The zero-order valence-corrected chi connectivity index (χ0v) is 18.0. The SMILES string of the molecule is CCOC(=O)c1nsc(C(C)=O)c1S(=O)(=O)NC(=O)Nc1cc(OC)cc(OC)n1. The third kappa shape index (κ3) is 5.21. The van der Waals surface area contributed by atoms with Gasteiger partial charge >= 0.3 is 12.0 Å². The molecule has 12 nitrogen and oxygen atoms in total. The zero-order valence-electron chi connectivity index (χ0n) is 16.3. The van der Waals surface area contributed by atoms with E-state index in [1.54, 1.807) is 4.72 Å². The molecule has 0 aromatic carbocycles. The van der Waals surface area contributed by atoms with Crippen molar-refractivity contribution in [1.82, 2.24) is 14.1 Å². The van der Waals surface area contributed by atoms with E-state index >= 15 is 0 Å². The minimum Gasteiger partial charge on any atom is -0.496 e. The summed E-state index contributed by atoms with van der Waals surface area (Å²) in [6, 6.07) is 1.57. The van der Waals surface area contributed by atoms with Crippen molar-refractivity contribution in [2.45, 2.75) is 18.7 Å². The molecule has 2 aromatic rings. The van der Waals surface area contributed by atoms with Crippen LogP contribution in [0.15, 0.2) is 17.0 Å². The van der Waals surface area contributed by atoms with Crippen LogP contribution in [0.5, 0.6) is 11.6 Å². The number of urea groups is 1. The molecule has 0 fully saturated rings. The Bertz CT molecular complexity index is 1060. The van der Waals surface area contributed by atoms with E-state index in [-0.39, 0.29) is 23.2 Å². The molecule has 0 aliphatic rings. The number of ketones is 1. The second-order valence-electron chi connectivity index (χ2n) is 5.46. The molecule has 162 valence electrons. The predicted molar refractivity (Wildman–Crippen MR) is 105 cm³/mol.